The van der Waals surface area contributed by atoms with Crippen molar-refractivity contribution in [3.63, 3.8) is 0 Å². The molecule has 0 nitrogen and oxygen atoms in total. The van der Waals surface area contributed by atoms with E-state index in [1.54, 1.807) is 0 Å². The third-order valence-electron chi connectivity index (χ3n) is 1.09. The maximum Gasteiger partial charge on any atom is 0.0223 e. The molecule has 0 aliphatic rings. The summed E-state index contributed by atoms with van der Waals surface area (Å²) in [6, 6.07) is 0. The van der Waals surface area contributed by atoms with Crippen LogP contribution in [0.4, 0.5) is 0 Å². The van der Waals surface area contributed by atoms with Crippen molar-refractivity contribution < 1.29 is 0 Å². The van der Waals surface area contributed by atoms with Crippen molar-refractivity contribution in [3.8, 4) is 0 Å². The minimum atomic E-state index is 0.682. The number of rotatable bonds is 4. The fourth-order valence-corrected chi connectivity index (χ4v) is 0.981. The maximum absolute atomic E-state index is 5.48. The van der Waals surface area contributed by atoms with Crippen LogP contribution in [0.5, 0.6) is 0 Å². The molecular formula is C6H12BrCl. The maximum atomic E-state index is 5.48. The van der Waals surface area contributed by atoms with Gasteiger partial charge in [0.1, 0.15) is 0 Å². The number of hydrogen-bond acceptors (Lipinski definition) is 0. The van der Waals surface area contributed by atoms with E-state index in [9.17, 15) is 0 Å². The number of alkyl halides is 2. The summed E-state index contributed by atoms with van der Waals surface area (Å²) < 4.78 is 0. The van der Waals surface area contributed by atoms with Gasteiger partial charge in [0.05, 0.1) is 0 Å². The van der Waals surface area contributed by atoms with Crippen molar-refractivity contribution in [2.45, 2.75) is 31.0 Å². The van der Waals surface area contributed by atoms with Gasteiger partial charge in [-0.25, -0.2) is 0 Å². The first kappa shape index (κ1) is 8.77. The summed E-state index contributed by atoms with van der Waals surface area (Å²) in [6.07, 6.45) is 3.54. The lowest BCUT2D eigenvalue weighted by Crippen LogP contribution is -1.94. The van der Waals surface area contributed by atoms with Crippen LogP contribution in [0.2, 0.25) is 0 Å². The molecule has 0 aromatic carbocycles. The van der Waals surface area contributed by atoms with E-state index in [1.807, 2.05) is 0 Å². The van der Waals surface area contributed by atoms with E-state index in [2.05, 4.69) is 22.9 Å². The summed E-state index contributed by atoms with van der Waals surface area (Å²) >= 11 is 9.00. The molecule has 0 saturated carbocycles. The van der Waals surface area contributed by atoms with Gasteiger partial charge in [-0.3, -0.25) is 0 Å². The second-order valence-corrected chi connectivity index (χ2v) is 3.51. The van der Waals surface area contributed by atoms with Crippen molar-refractivity contribution >= 4 is 27.5 Å². The lowest BCUT2D eigenvalue weighted by atomic mass is 10.2. The largest absolute Gasteiger partial charge is 0.127 e. The van der Waals surface area contributed by atoms with E-state index in [0.717, 1.165) is 12.3 Å². The molecule has 0 rings (SSSR count). The summed E-state index contributed by atoms with van der Waals surface area (Å²) in [5.74, 6) is 0.794. The van der Waals surface area contributed by atoms with Gasteiger partial charge in [0, 0.05) is 10.7 Å². The van der Waals surface area contributed by atoms with Crippen molar-refractivity contribution in [2.24, 2.45) is 0 Å². The van der Waals surface area contributed by atoms with Crippen LogP contribution in [0.3, 0.4) is 0 Å². The summed E-state index contributed by atoms with van der Waals surface area (Å²) in [7, 11) is 0. The molecule has 0 aliphatic carbocycles. The first-order valence-electron chi connectivity index (χ1n) is 3.01. The van der Waals surface area contributed by atoms with E-state index in [1.165, 1.54) is 12.8 Å². The topological polar surface area (TPSA) is 0 Å². The van der Waals surface area contributed by atoms with Crippen LogP contribution in [0.25, 0.3) is 0 Å². The van der Waals surface area contributed by atoms with Crippen LogP contribution < -0.4 is 0 Å². The van der Waals surface area contributed by atoms with Crippen molar-refractivity contribution in [3.05, 3.63) is 0 Å². The quantitative estimate of drug-likeness (QED) is 0.610. The van der Waals surface area contributed by atoms with E-state index in [-0.39, 0.29) is 0 Å². The van der Waals surface area contributed by atoms with Gasteiger partial charge in [-0.1, -0.05) is 22.9 Å². The normalized spacial score (nSPS) is 13.9. The zero-order chi connectivity index (χ0) is 6.41. The van der Waals surface area contributed by atoms with Crippen molar-refractivity contribution in [2.75, 3.05) is 5.88 Å². The molecule has 1 unspecified atom stereocenters. The summed E-state index contributed by atoms with van der Waals surface area (Å²) in [4.78, 5) is 0.682. The van der Waals surface area contributed by atoms with Crippen molar-refractivity contribution in [1.29, 1.82) is 0 Å². The van der Waals surface area contributed by atoms with Crippen LogP contribution in [-0.2, 0) is 0 Å². The molecule has 0 bridgehead atoms. The van der Waals surface area contributed by atoms with E-state index in [0.29, 0.717) is 4.83 Å². The predicted octanol–water partition coefficient (Wildman–Crippen LogP) is 3.18. The molecule has 0 saturated heterocycles. The standard InChI is InChI=1S/C6H12BrCl/c1-2-6(7)4-3-5-8/h6H,2-5H2,1H3. The Morgan fingerprint density at radius 3 is 2.62 bits per heavy atom. The van der Waals surface area contributed by atoms with Crippen LogP contribution in [0.1, 0.15) is 26.2 Å². The molecule has 0 fully saturated rings. The summed E-state index contributed by atoms with van der Waals surface area (Å²) in [6.45, 7) is 2.17. The molecule has 50 valence electrons. The molecule has 0 spiro atoms. The minimum absolute atomic E-state index is 0.682. The smallest absolute Gasteiger partial charge is 0.0223 e. The third kappa shape index (κ3) is 4.92. The molecule has 1 atom stereocenters. The van der Waals surface area contributed by atoms with Gasteiger partial charge in [-0.15, -0.1) is 11.6 Å². The van der Waals surface area contributed by atoms with E-state index in [4.69, 9.17) is 11.6 Å². The number of halogens is 2. The van der Waals surface area contributed by atoms with Gasteiger partial charge >= 0.3 is 0 Å². The Morgan fingerprint density at radius 1 is 1.62 bits per heavy atom. The molecular weight excluding hydrogens is 187 g/mol. The number of hydrogen-bond donors (Lipinski definition) is 0. The van der Waals surface area contributed by atoms with Crippen molar-refractivity contribution in [1.82, 2.24) is 0 Å². The Hall–Kier alpha value is 0.770. The minimum Gasteiger partial charge on any atom is -0.127 e. The van der Waals surface area contributed by atoms with Crippen LogP contribution in [0, 0.1) is 0 Å². The molecule has 0 radical (unpaired) electrons. The monoisotopic (exact) mass is 198 g/mol. The molecule has 0 aromatic heterocycles. The Bertz CT molecular complexity index is 47.8. The molecule has 0 aliphatic heterocycles. The van der Waals surface area contributed by atoms with Gasteiger partial charge in [0.15, 0.2) is 0 Å². The van der Waals surface area contributed by atoms with Gasteiger partial charge in [-0.2, -0.15) is 0 Å². The Morgan fingerprint density at radius 2 is 2.25 bits per heavy atom. The lowest BCUT2D eigenvalue weighted by Gasteiger charge is -2.01. The fraction of sp³-hybridized carbons (Fsp3) is 1.00. The predicted molar refractivity (Wildman–Crippen MR) is 43.0 cm³/mol. The van der Waals surface area contributed by atoms with Crippen LogP contribution in [0.15, 0.2) is 0 Å². The lowest BCUT2D eigenvalue weighted by molar-refractivity contribution is 0.733. The first-order valence-corrected chi connectivity index (χ1v) is 4.46. The molecule has 2 heteroatoms. The van der Waals surface area contributed by atoms with Gasteiger partial charge in [-0.05, 0) is 19.3 Å². The average molecular weight is 200 g/mol. The fourth-order valence-electron chi connectivity index (χ4n) is 0.503. The van der Waals surface area contributed by atoms with Gasteiger partial charge < -0.3 is 0 Å². The second-order valence-electron chi connectivity index (χ2n) is 1.84. The average Bonchev–Trinajstić information content (AvgIpc) is 1.83. The van der Waals surface area contributed by atoms with E-state index < -0.39 is 0 Å². The van der Waals surface area contributed by atoms with Crippen LogP contribution >= 0.6 is 27.5 Å². The highest BCUT2D eigenvalue weighted by Crippen LogP contribution is 2.11. The SMILES string of the molecule is CCC(Br)CCCCl. The Kier molecular flexibility index (Phi) is 6.47. The highest BCUT2D eigenvalue weighted by Gasteiger charge is 1.97. The highest BCUT2D eigenvalue weighted by atomic mass is 79.9. The summed E-state index contributed by atoms with van der Waals surface area (Å²) in [5, 5.41) is 0. The molecule has 0 amide bonds. The zero-order valence-corrected chi connectivity index (χ0v) is 7.50. The van der Waals surface area contributed by atoms with Crippen LogP contribution in [-0.4, -0.2) is 10.7 Å². The molecule has 0 heterocycles. The Balaban J connectivity index is 2.86. The zero-order valence-electron chi connectivity index (χ0n) is 5.16. The molecule has 0 aromatic rings. The van der Waals surface area contributed by atoms with E-state index >= 15 is 0 Å². The first-order chi connectivity index (χ1) is 3.81. The second kappa shape index (κ2) is 5.90. The molecule has 0 N–H and O–H groups in total. The molecule has 8 heavy (non-hydrogen) atoms. The highest BCUT2D eigenvalue weighted by molar-refractivity contribution is 9.09. The third-order valence-corrected chi connectivity index (χ3v) is 2.47. The van der Waals surface area contributed by atoms with Gasteiger partial charge in [0.2, 0.25) is 0 Å². The Labute approximate surface area is 64.7 Å². The summed E-state index contributed by atoms with van der Waals surface area (Å²) in [5.41, 5.74) is 0. The van der Waals surface area contributed by atoms with Gasteiger partial charge in [0.25, 0.3) is 0 Å².